The van der Waals surface area contributed by atoms with Crippen molar-refractivity contribution in [2.24, 2.45) is 0 Å². The van der Waals surface area contributed by atoms with Crippen LogP contribution in [0.2, 0.25) is 0 Å². The topological polar surface area (TPSA) is 121 Å². The van der Waals surface area contributed by atoms with Crippen molar-refractivity contribution in [2.75, 3.05) is 5.32 Å². The number of nitrogens with zero attached hydrogens (tertiary/aromatic N) is 3. The van der Waals surface area contributed by atoms with Gasteiger partial charge in [0.1, 0.15) is 11.6 Å². The van der Waals surface area contributed by atoms with Crippen LogP contribution in [0.5, 0.6) is 0 Å². The Kier molecular flexibility index (Phi) is 3.51. The predicted molar refractivity (Wildman–Crippen MR) is 64.9 cm³/mol. The molecule has 19 heavy (non-hydrogen) atoms. The number of pyridine rings is 1. The summed E-state index contributed by atoms with van der Waals surface area (Å²) in [6, 6.07) is 4.30. The highest BCUT2D eigenvalue weighted by molar-refractivity contribution is 6.01. The van der Waals surface area contributed by atoms with Crippen molar-refractivity contribution in [3.63, 3.8) is 0 Å². The molecule has 0 spiro atoms. The summed E-state index contributed by atoms with van der Waals surface area (Å²) >= 11 is 0. The zero-order valence-electron chi connectivity index (χ0n) is 10.0. The molecule has 0 saturated carbocycles. The maximum atomic E-state index is 11.8. The number of amides is 1. The number of carboxylic acids is 1. The highest BCUT2D eigenvalue weighted by atomic mass is 16.4. The summed E-state index contributed by atoms with van der Waals surface area (Å²) in [6.07, 6.45) is 0.632. The molecule has 0 atom stereocenters. The van der Waals surface area contributed by atoms with E-state index in [0.717, 1.165) is 0 Å². The fraction of sp³-hybridized carbons (Fsp3) is 0.182. The molecular weight excluding hydrogens is 250 g/mol. The molecule has 0 radical (unpaired) electrons. The molecule has 0 unspecified atom stereocenters. The number of hydrogen-bond acceptors (Lipinski definition) is 5. The number of aromatic carboxylic acids is 1. The maximum Gasteiger partial charge on any atom is 0.354 e. The van der Waals surface area contributed by atoms with Crippen LogP contribution in [0.4, 0.5) is 5.82 Å². The minimum absolute atomic E-state index is 0.0145. The summed E-state index contributed by atoms with van der Waals surface area (Å²) in [4.78, 5) is 30.3. The number of aromatic nitrogens is 4. The van der Waals surface area contributed by atoms with Crippen LogP contribution in [0.15, 0.2) is 18.2 Å². The van der Waals surface area contributed by atoms with Gasteiger partial charge in [-0.3, -0.25) is 9.89 Å². The van der Waals surface area contributed by atoms with E-state index in [2.05, 4.69) is 25.5 Å². The molecule has 8 nitrogen and oxygen atoms in total. The first-order valence-electron chi connectivity index (χ1n) is 5.53. The van der Waals surface area contributed by atoms with Crippen LogP contribution in [0, 0.1) is 0 Å². The molecular formula is C11H11N5O3. The molecule has 2 rings (SSSR count). The Hall–Kier alpha value is -2.77. The fourth-order valence-corrected chi connectivity index (χ4v) is 1.35. The minimum Gasteiger partial charge on any atom is -0.477 e. The molecule has 0 aromatic carbocycles. The summed E-state index contributed by atoms with van der Waals surface area (Å²) in [5, 5.41) is 17.6. The lowest BCUT2D eigenvalue weighted by atomic mass is 10.3. The second-order valence-electron chi connectivity index (χ2n) is 3.63. The number of rotatable bonds is 4. The van der Waals surface area contributed by atoms with Gasteiger partial charge in [0.2, 0.25) is 5.82 Å². The number of H-pyrrole nitrogens is 1. The van der Waals surface area contributed by atoms with Crippen molar-refractivity contribution in [1.82, 2.24) is 20.2 Å². The molecule has 0 aliphatic carbocycles. The summed E-state index contributed by atoms with van der Waals surface area (Å²) in [7, 11) is 0. The van der Waals surface area contributed by atoms with E-state index in [1.165, 1.54) is 18.2 Å². The van der Waals surface area contributed by atoms with Crippen molar-refractivity contribution in [2.45, 2.75) is 13.3 Å². The maximum absolute atomic E-state index is 11.8. The van der Waals surface area contributed by atoms with E-state index in [4.69, 9.17) is 5.11 Å². The lowest BCUT2D eigenvalue weighted by Gasteiger charge is -2.02. The lowest BCUT2D eigenvalue weighted by Crippen LogP contribution is -2.15. The summed E-state index contributed by atoms with van der Waals surface area (Å²) < 4.78 is 0. The standard InChI is InChI=1S/C11H11N5O3/c1-2-7-13-9(16-15-7)10(17)14-8-5-3-4-6(12-8)11(18)19/h3-5H,2H2,1H3,(H,18,19)(H,12,14,17)(H,13,15,16). The molecule has 2 heterocycles. The Balaban J connectivity index is 2.14. The Bertz CT molecular complexity index is 622. The van der Waals surface area contributed by atoms with Crippen LogP contribution >= 0.6 is 0 Å². The van der Waals surface area contributed by atoms with E-state index in [0.29, 0.717) is 12.2 Å². The van der Waals surface area contributed by atoms with Gasteiger partial charge in [-0.2, -0.15) is 0 Å². The van der Waals surface area contributed by atoms with E-state index < -0.39 is 11.9 Å². The molecule has 0 aliphatic heterocycles. The zero-order valence-corrected chi connectivity index (χ0v) is 10.0. The van der Waals surface area contributed by atoms with Crippen LogP contribution in [0.1, 0.15) is 33.9 Å². The Morgan fingerprint density at radius 1 is 1.37 bits per heavy atom. The fourth-order valence-electron chi connectivity index (χ4n) is 1.35. The van der Waals surface area contributed by atoms with Gasteiger partial charge in [-0.15, -0.1) is 5.10 Å². The normalized spacial score (nSPS) is 10.2. The third-order valence-electron chi connectivity index (χ3n) is 2.28. The molecule has 3 N–H and O–H groups in total. The summed E-state index contributed by atoms with van der Waals surface area (Å²) in [5.74, 6) is -1.00. The molecule has 2 aromatic rings. The first kappa shape index (κ1) is 12.7. The molecule has 0 saturated heterocycles. The van der Waals surface area contributed by atoms with E-state index >= 15 is 0 Å². The molecule has 2 aromatic heterocycles. The quantitative estimate of drug-likeness (QED) is 0.745. The zero-order chi connectivity index (χ0) is 13.8. The van der Waals surface area contributed by atoms with Gasteiger partial charge < -0.3 is 10.4 Å². The van der Waals surface area contributed by atoms with Crippen LogP contribution in [0.25, 0.3) is 0 Å². The average Bonchev–Trinajstić information content (AvgIpc) is 2.88. The van der Waals surface area contributed by atoms with Gasteiger partial charge in [0.15, 0.2) is 5.69 Å². The highest BCUT2D eigenvalue weighted by Gasteiger charge is 2.13. The van der Waals surface area contributed by atoms with Gasteiger partial charge >= 0.3 is 5.97 Å². The Morgan fingerprint density at radius 3 is 2.79 bits per heavy atom. The monoisotopic (exact) mass is 261 g/mol. The third-order valence-corrected chi connectivity index (χ3v) is 2.28. The van der Waals surface area contributed by atoms with Gasteiger partial charge in [0.05, 0.1) is 0 Å². The van der Waals surface area contributed by atoms with Gasteiger partial charge in [-0.1, -0.05) is 13.0 Å². The highest BCUT2D eigenvalue weighted by Crippen LogP contribution is 2.06. The van der Waals surface area contributed by atoms with E-state index in [-0.39, 0.29) is 17.3 Å². The minimum atomic E-state index is -1.16. The van der Waals surface area contributed by atoms with Crippen LogP contribution < -0.4 is 5.32 Å². The molecule has 0 fully saturated rings. The van der Waals surface area contributed by atoms with Crippen molar-refractivity contribution in [3.8, 4) is 0 Å². The van der Waals surface area contributed by atoms with E-state index in [9.17, 15) is 9.59 Å². The van der Waals surface area contributed by atoms with Gasteiger partial charge in [-0.25, -0.2) is 14.8 Å². The third kappa shape index (κ3) is 2.92. The number of aryl methyl sites for hydroxylation is 1. The van der Waals surface area contributed by atoms with Gasteiger partial charge in [0, 0.05) is 6.42 Å². The number of carbonyl (C=O) groups excluding carboxylic acids is 1. The second kappa shape index (κ2) is 5.25. The van der Waals surface area contributed by atoms with Crippen LogP contribution in [-0.2, 0) is 6.42 Å². The van der Waals surface area contributed by atoms with Crippen molar-refractivity contribution >= 4 is 17.7 Å². The predicted octanol–water partition coefficient (Wildman–Crippen LogP) is 0.713. The smallest absolute Gasteiger partial charge is 0.354 e. The summed E-state index contributed by atoms with van der Waals surface area (Å²) in [6.45, 7) is 1.88. The van der Waals surface area contributed by atoms with Gasteiger partial charge in [0.25, 0.3) is 5.91 Å². The average molecular weight is 261 g/mol. The van der Waals surface area contributed by atoms with Gasteiger partial charge in [-0.05, 0) is 12.1 Å². The van der Waals surface area contributed by atoms with Crippen molar-refractivity contribution < 1.29 is 14.7 Å². The lowest BCUT2D eigenvalue weighted by molar-refractivity contribution is 0.0690. The van der Waals surface area contributed by atoms with E-state index in [1.54, 1.807) is 0 Å². The number of carboxylic acid groups (broad SMARTS) is 1. The SMILES string of the molecule is CCc1nc(C(=O)Nc2cccc(C(=O)O)n2)n[nH]1. The molecule has 0 bridgehead atoms. The Morgan fingerprint density at radius 2 is 2.16 bits per heavy atom. The number of nitrogens with one attached hydrogen (secondary N) is 2. The van der Waals surface area contributed by atoms with E-state index in [1.807, 2.05) is 6.92 Å². The van der Waals surface area contributed by atoms with Crippen LogP contribution in [-0.4, -0.2) is 37.1 Å². The second-order valence-corrected chi connectivity index (χ2v) is 3.63. The first-order valence-corrected chi connectivity index (χ1v) is 5.53. The molecule has 0 aliphatic rings. The number of anilines is 1. The largest absolute Gasteiger partial charge is 0.477 e. The first-order chi connectivity index (χ1) is 9.10. The van der Waals surface area contributed by atoms with Crippen molar-refractivity contribution in [1.29, 1.82) is 0 Å². The number of hydrogen-bond donors (Lipinski definition) is 3. The molecule has 1 amide bonds. The number of carbonyl (C=O) groups is 2. The molecule has 98 valence electrons. The Labute approximate surface area is 107 Å². The van der Waals surface area contributed by atoms with Crippen LogP contribution in [0.3, 0.4) is 0 Å². The summed E-state index contributed by atoms with van der Waals surface area (Å²) in [5.41, 5.74) is -0.151. The molecule has 8 heteroatoms. The number of aromatic amines is 1. The van der Waals surface area contributed by atoms with Crippen molar-refractivity contribution in [3.05, 3.63) is 35.5 Å².